The molecule has 0 aliphatic carbocycles. The number of fused-ring (bicyclic) bond motifs is 1. The average molecular weight is 256 g/mol. The van der Waals surface area contributed by atoms with Gasteiger partial charge in [0.15, 0.2) is 0 Å². The Labute approximate surface area is 110 Å². The zero-order valence-corrected chi connectivity index (χ0v) is 10.3. The lowest BCUT2D eigenvalue weighted by atomic mass is 10.1. The molecule has 1 amide bonds. The Balaban J connectivity index is 1.85. The molecule has 0 unspecified atom stereocenters. The van der Waals surface area contributed by atoms with Crippen LogP contribution in [0.1, 0.15) is 21.5 Å². The second-order valence-electron chi connectivity index (χ2n) is 4.70. The van der Waals surface area contributed by atoms with Gasteiger partial charge in [-0.25, -0.2) is 4.39 Å². The molecule has 0 bridgehead atoms. The Morgan fingerprint density at radius 1 is 1.11 bits per heavy atom. The first-order valence-corrected chi connectivity index (χ1v) is 6.05. The van der Waals surface area contributed by atoms with E-state index in [4.69, 9.17) is 5.73 Å². The van der Waals surface area contributed by atoms with Gasteiger partial charge in [0, 0.05) is 24.3 Å². The maximum Gasteiger partial charge on any atom is 0.254 e. The van der Waals surface area contributed by atoms with Crippen molar-refractivity contribution in [1.29, 1.82) is 0 Å². The fourth-order valence-electron chi connectivity index (χ4n) is 2.36. The molecule has 0 radical (unpaired) electrons. The topological polar surface area (TPSA) is 46.3 Å². The van der Waals surface area contributed by atoms with Crippen LogP contribution in [-0.2, 0) is 13.1 Å². The Morgan fingerprint density at radius 2 is 1.89 bits per heavy atom. The quantitative estimate of drug-likeness (QED) is 0.797. The van der Waals surface area contributed by atoms with Gasteiger partial charge >= 0.3 is 0 Å². The Morgan fingerprint density at radius 3 is 2.68 bits per heavy atom. The maximum absolute atomic E-state index is 13.1. The Hall–Kier alpha value is -2.36. The van der Waals surface area contributed by atoms with E-state index in [9.17, 15) is 9.18 Å². The predicted octanol–water partition coefficient (Wildman–Crippen LogP) is 2.56. The number of benzene rings is 2. The lowest BCUT2D eigenvalue weighted by Gasteiger charge is -2.15. The number of rotatable bonds is 1. The third-order valence-electron chi connectivity index (χ3n) is 3.31. The van der Waals surface area contributed by atoms with Gasteiger partial charge in [0.1, 0.15) is 5.82 Å². The molecule has 1 aliphatic heterocycles. The molecular formula is C15H13FN2O. The highest BCUT2D eigenvalue weighted by Crippen LogP contribution is 2.26. The summed E-state index contributed by atoms with van der Waals surface area (Å²) in [5, 5.41) is 0. The minimum atomic E-state index is -0.396. The minimum absolute atomic E-state index is 0.158. The van der Waals surface area contributed by atoms with Crippen molar-refractivity contribution < 1.29 is 9.18 Å². The number of amides is 1. The standard InChI is InChI=1S/C15H13FN2O/c16-13-3-1-2-10(6-13)15(19)18-8-11-4-5-14(17)7-12(11)9-18/h1-7H,8-9,17H2. The first-order valence-electron chi connectivity index (χ1n) is 6.05. The van der Waals surface area contributed by atoms with Crippen LogP contribution in [0.4, 0.5) is 10.1 Å². The third kappa shape index (κ3) is 2.17. The first-order chi connectivity index (χ1) is 9.13. The van der Waals surface area contributed by atoms with E-state index in [2.05, 4.69) is 0 Å². The van der Waals surface area contributed by atoms with Crippen LogP contribution in [0, 0.1) is 5.82 Å². The van der Waals surface area contributed by atoms with Gasteiger partial charge in [-0.2, -0.15) is 0 Å². The molecule has 2 N–H and O–H groups in total. The van der Waals surface area contributed by atoms with Crippen molar-refractivity contribution in [1.82, 2.24) is 4.90 Å². The Bertz CT molecular complexity index is 654. The normalized spacial score (nSPS) is 13.4. The second-order valence-corrected chi connectivity index (χ2v) is 4.70. The summed E-state index contributed by atoms with van der Waals surface area (Å²) in [4.78, 5) is 14.0. The van der Waals surface area contributed by atoms with Gasteiger partial charge in [0.2, 0.25) is 0 Å². The van der Waals surface area contributed by atoms with Crippen molar-refractivity contribution in [2.24, 2.45) is 0 Å². The molecule has 0 atom stereocenters. The minimum Gasteiger partial charge on any atom is -0.399 e. The number of hydrogen-bond acceptors (Lipinski definition) is 2. The molecule has 2 aromatic carbocycles. The average Bonchev–Trinajstić information content (AvgIpc) is 2.80. The molecule has 19 heavy (non-hydrogen) atoms. The summed E-state index contributed by atoms with van der Waals surface area (Å²) in [5.41, 5.74) is 8.96. The molecule has 0 spiro atoms. The largest absolute Gasteiger partial charge is 0.399 e. The molecule has 96 valence electrons. The van der Waals surface area contributed by atoms with Crippen LogP contribution < -0.4 is 5.73 Å². The smallest absolute Gasteiger partial charge is 0.254 e. The number of carbonyl (C=O) groups is 1. The number of halogens is 1. The fraction of sp³-hybridized carbons (Fsp3) is 0.133. The summed E-state index contributed by atoms with van der Waals surface area (Å²) in [6.45, 7) is 1.07. The van der Waals surface area contributed by atoms with Gasteiger partial charge in [-0.15, -0.1) is 0 Å². The number of nitrogens with zero attached hydrogens (tertiary/aromatic N) is 1. The summed E-state index contributed by atoms with van der Waals surface area (Å²) in [7, 11) is 0. The van der Waals surface area contributed by atoms with E-state index in [-0.39, 0.29) is 5.91 Å². The summed E-state index contributed by atoms with van der Waals surface area (Å²) < 4.78 is 13.1. The molecule has 4 heteroatoms. The summed E-state index contributed by atoms with van der Waals surface area (Å²) in [6, 6.07) is 11.4. The molecule has 2 aromatic rings. The molecule has 3 rings (SSSR count). The van der Waals surface area contributed by atoms with Crippen LogP contribution >= 0.6 is 0 Å². The zero-order chi connectivity index (χ0) is 13.4. The van der Waals surface area contributed by atoms with Crippen molar-refractivity contribution in [3.8, 4) is 0 Å². The molecule has 0 saturated heterocycles. The maximum atomic E-state index is 13.1. The molecule has 0 fully saturated rings. The highest BCUT2D eigenvalue weighted by molar-refractivity contribution is 5.94. The Kier molecular flexibility index (Phi) is 2.71. The van der Waals surface area contributed by atoms with Gasteiger partial charge < -0.3 is 10.6 Å². The number of nitrogen functional groups attached to an aromatic ring is 1. The van der Waals surface area contributed by atoms with Crippen LogP contribution in [0.25, 0.3) is 0 Å². The highest BCUT2D eigenvalue weighted by Gasteiger charge is 2.24. The van der Waals surface area contributed by atoms with Crippen molar-refractivity contribution >= 4 is 11.6 Å². The third-order valence-corrected chi connectivity index (χ3v) is 3.31. The monoisotopic (exact) mass is 256 g/mol. The van der Waals surface area contributed by atoms with E-state index in [1.807, 2.05) is 18.2 Å². The van der Waals surface area contributed by atoms with E-state index >= 15 is 0 Å². The van der Waals surface area contributed by atoms with E-state index in [0.717, 1.165) is 11.1 Å². The fourth-order valence-corrected chi connectivity index (χ4v) is 2.36. The molecule has 0 aromatic heterocycles. The summed E-state index contributed by atoms with van der Waals surface area (Å²) in [6.07, 6.45) is 0. The second kappa shape index (κ2) is 4.39. The lowest BCUT2D eigenvalue weighted by molar-refractivity contribution is 0.0751. The van der Waals surface area contributed by atoms with Crippen molar-refractivity contribution in [3.05, 3.63) is 65.0 Å². The van der Waals surface area contributed by atoms with Crippen molar-refractivity contribution in [2.75, 3.05) is 5.73 Å². The van der Waals surface area contributed by atoms with Crippen LogP contribution in [-0.4, -0.2) is 10.8 Å². The number of nitrogens with two attached hydrogens (primary N) is 1. The van der Waals surface area contributed by atoms with Gasteiger partial charge in [0.25, 0.3) is 5.91 Å². The first kappa shape index (κ1) is 11.7. The molecule has 1 aliphatic rings. The molecular weight excluding hydrogens is 243 g/mol. The number of hydrogen-bond donors (Lipinski definition) is 1. The van der Waals surface area contributed by atoms with Gasteiger partial charge in [-0.1, -0.05) is 12.1 Å². The number of carbonyl (C=O) groups excluding carboxylic acids is 1. The van der Waals surface area contributed by atoms with Gasteiger partial charge in [0.05, 0.1) is 0 Å². The molecule has 1 heterocycles. The number of anilines is 1. The molecule has 0 saturated carbocycles. The lowest BCUT2D eigenvalue weighted by Crippen LogP contribution is -2.25. The van der Waals surface area contributed by atoms with E-state index < -0.39 is 5.82 Å². The summed E-state index contributed by atoms with van der Waals surface area (Å²) in [5.74, 6) is -0.555. The highest BCUT2D eigenvalue weighted by atomic mass is 19.1. The van der Waals surface area contributed by atoms with Gasteiger partial charge in [-0.3, -0.25) is 4.79 Å². The predicted molar refractivity (Wildman–Crippen MR) is 70.8 cm³/mol. The van der Waals surface area contributed by atoms with Crippen molar-refractivity contribution in [2.45, 2.75) is 13.1 Å². The summed E-state index contributed by atoms with van der Waals surface area (Å²) >= 11 is 0. The van der Waals surface area contributed by atoms with Crippen LogP contribution in [0.15, 0.2) is 42.5 Å². The zero-order valence-electron chi connectivity index (χ0n) is 10.3. The van der Waals surface area contributed by atoms with Crippen LogP contribution in [0.5, 0.6) is 0 Å². The van der Waals surface area contributed by atoms with Gasteiger partial charge in [-0.05, 0) is 41.5 Å². The van der Waals surface area contributed by atoms with Crippen LogP contribution in [0.3, 0.4) is 0 Å². The van der Waals surface area contributed by atoms with E-state index in [1.165, 1.54) is 12.1 Å². The molecule has 3 nitrogen and oxygen atoms in total. The SMILES string of the molecule is Nc1ccc2c(c1)CN(C(=O)c1cccc(F)c1)C2. The van der Waals surface area contributed by atoms with E-state index in [0.29, 0.717) is 24.3 Å². The van der Waals surface area contributed by atoms with Crippen molar-refractivity contribution in [3.63, 3.8) is 0 Å². The van der Waals surface area contributed by atoms with Crippen LogP contribution in [0.2, 0.25) is 0 Å². The van der Waals surface area contributed by atoms with E-state index in [1.54, 1.807) is 17.0 Å².